The van der Waals surface area contributed by atoms with E-state index in [2.05, 4.69) is 16.9 Å². The quantitative estimate of drug-likeness (QED) is 0.299. The summed E-state index contributed by atoms with van der Waals surface area (Å²) in [5.74, 6) is 0.309. The topological polar surface area (TPSA) is 108 Å². The number of anilines is 1. The van der Waals surface area contributed by atoms with Crippen LogP contribution in [0.3, 0.4) is 0 Å². The van der Waals surface area contributed by atoms with Crippen LogP contribution in [0.1, 0.15) is 44.9 Å². The Hall–Kier alpha value is -4.44. The molecule has 0 saturated heterocycles. The number of hydrogen-bond acceptors (Lipinski definition) is 8. The number of aromatic nitrogens is 1. The molecule has 2 heterocycles. The third-order valence-electron chi connectivity index (χ3n) is 5.99. The van der Waals surface area contributed by atoms with Crippen molar-refractivity contribution in [2.24, 2.45) is 4.99 Å². The van der Waals surface area contributed by atoms with Crippen molar-refractivity contribution in [3.63, 3.8) is 0 Å². The van der Waals surface area contributed by atoms with Crippen molar-refractivity contribution in [3.05, 3.63) is 97.2 Å². The van der Waals surface area contributed by atoms with Gasteiger partial charge in [-0.2, -0.15) is 0 Å². The molecule has 2 aromatic carbocycles. The van der Waals surface area contributed by atoms with Crippen LogP contribution in [-0.4, -0.2) is 36.3 Å². The first-order valence-electron chi connectivity index (χ1n) is 12.8. The second-order valence-corrected chi connectivity index (χ2v) is 9.85. The maximum absolute atomic E-state index is 13.8. The summed E-state index contributed by atoms with van der Waals surface area (Å²) < 4.78 is 18.9. The lowest BCUT2D eigenvalue weighted by molar-refractivity contribution is -0.139. The molecule has 0 radical (unpaired) electrons. The standard InChI is InChI=1S/C30H31N3O6S/c1-6-15-39-23-14-11-21(17-24(23)37-7-2)27-26(29(36)38-8-3)18(4)31-30-33(27)28(35)25(40-30)16-20-9-12-22(13-10-20)32-19(5)34/h6,9-14,16-17,27H,1,7-8,15H2,2-5H3,(H,32,34)/b25-16+. The second kappa shape index (κ2) is 12.6. The Kier molecular flexibility index (Phi) is 9.00. The molecule has 3 aromatic rings. The van der Waals surface area contributed by atoms with Gasteiger partial charge in [0.2, 0.25) is 5.91 Å². The van der Waals surface area contributed by atoms with Crippen LogP contribution in [0.5, 0.6) is 11.5 Å². The summed E-state index contributed by atoms with van der Waals surface area (Å²) in [5, 5.41) is 2.73. The molecule has 1 unspecified atom stereocenters. The van der Waals surface area contributed by atoms with Crippen molar-refractivity contribution >= 4 is 35.0 Å². The van der Waals surface area contributed by atoms with Gasteiger partial charge in [0.25, 0.3) is 5.56 Å². The molecule has 0 spiro atoms. The highest BCUT2D eigenvalue weighted by molar-refractivity contribution is 7.07. The first-order valence-corrected chi connectivity index (χ1v) is 13.7. The number of thiazole rings is 1. The number of carbonyl (C=O) groups excluding carboxylic acids is 2. The Balaban J connectivity index is 1.88. The number of amides is 1. The van der Waals surface area contributed by atoms with Crippen LogP contribution in [0.2, 0.25) is 0 Å². The van der Waals surface area contributed by atoms with Crippen LogP contribution in [0.15, 0.2) is 76.2 Å². The predicted octanol–water partition coefficient (Wildman–Crippen LogP) is 3.72. The highest BCUT2D eigenvalue weighted by atomic mass is 32.1. The second-order valence-electron chi connectivity index (χ2n) is 8.84. The average Bonchev–Trinajstić information content (AvgIpc) is 3.22. The summed E-state index contributed by atoms with van der Waals surface area (Å²) in [6.07, 6.45) is 3.40. The lowest BCUT2D eigenvalue weighted by Gasteiger charge is -2.25. The minimum atomic E-state index is -0.785. The Labute approximate surface area is 235 Å². The Morgan fingerprint density at radius 3 is 2.50 bits per heavy atom. The number of nitrogens with one attached hydrogen (secondary N) is 1. The van der Waals surface area contributed by atoms with Crippen LogP contribution >= 0.6 is 11.3 Å². The summed E-state index contributed by atoms with van der Waals surface area (Å²) in [6.45, 7) is 11.3. The Morgan fingerprint density at radius 1 is 1.10 bits per heavy atom. The number of allylic oxidation sites excluding steroid dienone is 1. The van der Waals surface area contributed by atoms with Crippen LogP contribution in [0, 0.1) is 0 Å². The lowest BCUT2D eigenvalue weighted by Crippen LogP contribution is -2.40. The smallest absolute Gasteiger partial charge is 0.338 e. The largest absolute Gasteiger partial charge is 0.490 e. The fourth-order valence-electron chi connectivity index (χ4n) is 4.36. The van der Waals surface area contributed by atoms with Crippen LogP contribution in [0.4, 0.5) is 5.69 Å². The number of nitrogens with zero attached hydrogens (tertiary/aromatic N) is 2. The Morgan fingerprint density at radius 2 is 1.85 bits per heavy atom. The average molecular weight is 562 g/mol. The van der Waals surface area contributed by atoms with Crippen LogP contribution in [0.25, 0.3) is 6.08 Å². The molecule has 40 heavy (non-hydrogen) atoms. The number of esters is 1. The molecule has 10 heteroatoms. The number of carbonyl (C=O) groups is 2. The molecule has 0 fully saturated rings. The van der Waals surface area contributed by atoms with E-state index in [9.17, 15) is 14.4 Å². The van der Waals surface area contributed by atoms with E-state index in [1.165, 1.54) is 22.8 Å². The van der Waals surface area contributed by atoms with Gasteiger partial charge in [0, 0.05) is 12.6 Å². The van der Waals surface area contributed by atoms with E-state index >= 15 is 0 Å². The summed E-state index contributed by atoms with van der Waals surface area (Å²) in [4.78, 5) is 43.4. The van der Waals surface area contributed by atoms with Gasteiger partial charge in [-0.05, 0) is 62.2 Å². The lowest BCUT2D eigenvalue weighted by atomic mass is 9.95. The SMILES string of the molecule is C=CCOc1ccc(C2C(C(=O)OCC)=C(C)N=c3s/c(=C/c4ccc(NC(C)=O)cc4)c(=O)n32)cc1OCC. The molecule has 4 rings (SSSR count). The molecule has 9 nitrogen and oxygen atoms in total. The third kappa shape index (κ3) is 6.07. The van der Waals surface area contributed by atoms with Gasteiger partial charge < -0.3 is 19.5 Å². The van der Waals surface area contributed by atoms with Gasteiger partial charge in [-0.3, -0.25) is 14.2 Å². The van der Waals surface area contributed by atoms with Crippen LogP contribution in [-0.2, 0) is 14.3 Å². The molecule has 208 valence electrons. The molecule has 1 aromatic heterocycles. The zero-order valence-electron chi connectivity index (χ0n) is 22.9. The minimum Gasteiger partial charge on any atom is -0.490 e. The summed E-state index contributed by atoms with van der Waals surface area (Å²) in [7, 11) is 0. The minimum absolute atomic E-state index is 0.165. The molecular weight excluding hydrogens is 530 g/mol. The summed E-state index contributed by atoms with van der Waals surface area (Å²) in [5.41, 5.74) is 2.55. The van der Waals surface area contributed by atoms with Gasteiger partial charge in [0.15, 0.2) is 16.3 Å². The predicted molar refractivity (Wildman–Crippen MR) is 154 cm³/mol. The van der Waals surface area contributed by atoms with E-state index in [0.29, 0.717) is 51.0 Å². The summed E-state index contributed by atoms with van der Waals surface area (Å²) >= 11 is 1.23. The zero-order chi connectivity index (χ0) is 28.8. The normalized spacial score (nSPS) is 14.7. The van der Waals surface area contributed by atoms with E-state index in [4.69, 9.17) is 14.2 Å². The first-order chi connectivity index (χ1) is 19.3. The number of hydrogen-bond donors (Lipinski definition) is 1. The van der Waals surface area contributed by atoms with Gasteiger partial charge in [0.1, 0.15) is 6.61 Å². The van der Waals surface area contributed by atoms with Gasteiger partial charge in [-0.1, -0.05) is 42.2 Å². The molecule has 1 aliphatic rings. The van der Waals surface area contributed by atoms with Gasteiger partial charge in [0.05, 0.1) is 35.1 Å². The van der Waals surface area contributed by atoms with Gasteiger partial charge in [-0.15, -0.1) is 0 Å². The fourth-order valence-corrected chi connectivity index (χ4v) is 5.40. The fraction of sp³-hybridized carbons (Fsp3) is 0.267. The van der Waals surface area contributed by atoms with E-state index in [1.54, 1.807) is 56.3 Å². The highest BCUT2D eigenvalue weighted by Crippen LogP contribution is 2.36. The maximum Gasteiger partial charge on any atom is 0.338 e. The number of benzene rings is 2. The van der Waals surface area contributed by atoms with Crippen LogP contribution < -0.4 is 29.7 Å². The first kappa shape index (κ1) is 28.6. The molecule has 0 aliphatic carbocycles. The van der Waals surface area contributed by atoms with Gasteiger partial charge >= 0.3 is 5.97 Å². The van der Waals surface area contributed by atoms with Crippen molar-refractivity contribution < 1.29 is 23.8 Å². The molecule has 1 atom stereocenters. The number of ether oxygens (including phenoxy) is 3. The molecule has 0 bridgehead atoms. The van der Waals surface area contributed by atoms with Crippen molar-refractivity contribution in [1.82, 2.24) is 4.57 Å². The van der Waals surface area contributed by atoms with E-state index in [0.717, 1.165) is 5.56 Å². The molecule has 1 aliphatic heterocycles. The number of fused-ring (bicyclic) bond motifs is 1. The van der Waals surface area contributed by atoms with Crippen molar-refractivity contribution in [2.45, 2.75) is 33.7 Å². The van der Waals surface area contributed by atoms with Crippen molar-refractivity contribution in [2.75, 3.05) is 25.1 Å². The molecule has 0 saturated carbocycles. The van der Waals surface area contributed by atoms with E-state index < -0.39 is 12.0 Å². The van der Waals surface area contributed by atoms with Crippen molar-refractivity contribution in [3.8, 4) is 11.5 Å². The number of rotatable bonds is 10. The molecule has 1 amide bonds. The zero-order valence-corrected chi connectivity index (χ0v) is 23.7. The van der Waals surface area contributed by atoms with Gasteiger partial charge in [-0.25, -0.2) is 9.79 Å². The monoisotopic (exact) mass is 561 g/mol. The summed E-state index contributed by atoms with van der Waals surface area (Å²) in [6, 6.07) is 11.7. The van der Waals surface area contributed by atoms with Crippen molar-refractivity contribution in [1.29, 1.82) is 0 Å². The molecular formula is C30H31N3O6S. The van der Waals surface area contributed by atoms with E-state index in [1.807, 2.05) is 19.1 Å². The van der Waals surface area contributed by atoms with E-state index in [-0.39, 0.29) is 23.6 Å². The Bertz CT molecular complexity index is 1650. The molecule has 1 N–H and O–H groups in total. The highest BCUT2D eigenvalue weighted by Gasteiger charge is 2.34. The third-order valence-corrected chi connectivity index (χ3v) is 6.97. The maximum atomic E-state index is 13.8.